The Balaban J connectivity index is 1.80. The van der Waals surface area contributed by atoms with Crippen LogP contribution in [0.25, 0.3) is 0 Å². The normalized spacial score (nSPS) is 20.2. The number of hydrogen-bond acceptors (Lipinski definition) is 5. The quantitative estimate of drug-likeness (QED) is 0.829. The van der Waals surface area contributed by atoms with Gasteiger partial charge in [0, 0.05) is 30.4 Å². The zero-order valence-electron chi connectivity index (χ0n) is 15.2. The number of ether oxygens (including phenoxy) is 1. The summed E-state index contributed by atoms with van der Waals surface area (Å²) in [5.74, 6) is -1.69. The Morgan fingerprint density at radius 2 is 2.00 bits per heavy atom. The van der Waals surface area contributed by atoms with Crippen LogP contribution in [0.1, 0.15) is 30.4 Å². The number of nitrogens with zero attached hydrogens (tertiary/aromatic N) is 2. The fourth-order valence-corrected chi connectivity index (χ4v) is 4.84. The maximum absolute atomic E-state index is 14.4. The van der Waals surface area contributed by atoms with Gasteiger partial charge in [-0.05, 0) is 24.3 Å². The van der Waals surface area contributed by atoms with Gasteiger partial charge >= 0.3 is 0 Å². The standard InChI is InChI=1S/C20H17F2N3O3S/c21-12-5-6-15(22)13(11-12)19-24-25(18(27)8-7-17(23)26)20(29-19)9-10-28-16-4-2-1-3-14(16)20/h1-6,11H,7-10H2,(H2,23,26). The predicted molar refractivity (Wildman–Crippen MR) is 104 cm³/mol. The van der Waals surface area contributed by atoms with Crippen molar-refractivity contribution in [2.75, 3.05) is 6.61 Å². The van der Waals surface area contributed by atoms with Crippen molar-refractivity contribution < 1.29 is 23.1 Å². The Kier molecular flexibility index (Phi) is 4.99. The molecule has 1 unspecified atom stereocenters. The highest BCUT2D eigenvalue weighted by molar-refractivity contribution is 8.15. The number of halogens is 2. The molecule has 4 rings (SSSR count). The van der Waals surface area contributed by atoms with Crippen molar-refractivity contribution in [3.8, 4) is 5.75 Å². The molecule has 0 aromatic heterocycles. The first-order valence-electron chi connectivity index (χ1n) is 8.97. The highest BCUT2D eigenvalue weighted by Gasteiger charge is 2.51. The van der Waals surface area contributed by atoms with Gasteiger partial charge in [0.25, 0.3) is 0 Å². The van der Waals surface area contributed by atoms with Gasteiger partial charge in [-0.25, -0.2) is 13.8 Å². The molecule has 29 heavy (non-hydrogen) atoms. The number of thioether (sulfide) groups is 1. The molecule has 0 radical (unpaired) electrons. The van der Waals surface area contributed by atoms with Crippen LogP contribution in [-0.4, -0.2) is 28.5 Å². The van der Waals surface area contributed by atoms with Gasteiger partial charge in [-0.3, -0.25) is 9.59 Å². The minimum atomic E-state index is -0.975. The first-order valence-corrected chi connectivity index (χ1v) is 9.79. The molecule has 2 aromatic rings. The van der Waals surface area contributed by atoms with E-state index in [1.807, 2.05) is 18.2 Å². The summed E-state index contributed by atoms with van der Waals surface area (Å²) in [7, 11) is 0. The van der Waals surface area contributed by atoms with Crippen LogP contribution in [0.3, 0.4) is 0 Å². The molecule has 6 nitrogen and oxygen atoms in total. The van der Waals surface area contributed by atoms with Crippen LogP contribution < -0.4 is 10.5 Å². The third kappa shape index (κ3) is 3.46. The SMILES string of the molecule is NC(=O)CCC(=O)N1N=C(c2cc(F)ccc2F)SC12CCOc1ccccc12. The van der Waals surface area contributed by atoms with E-state index in [-0.39, 0.29) is 23.4 Å². The van der Waals surface area contributed by atoms with Gasteiger partial charge in [-0.2, -0.15) is 5.10 Å². The number of carbonyl (C=O) groups is 2. The maximum Gasteiger partial charge on any atom is 0.244 e. The molecule has 1 spiro atoms. The van der Waals surface area contributed by atoms with Crippen molar-refractivity contribution in [3.05, 3.63) is 65.2 Å². The number of primary amides is 1. The van der Waals surface area contributed by atoms with Crippen molar-refractivity contribution in [1.29, 1.82) is 0 Å². The van der Waals surface area contributed by atoms with Crippen LogP contribution in [-0.2, 0) is 14.5 Å². The van der Waals surface area contributed by atoms with Gasteiger partial charge in [-0.15, -0.1) is 0 Å². The highest BCUT2D eigenvalue weighted by Crippen LogP contribution is 2.54. The van der Waals surface area contributed by atoms with Crippen molar-refractivity contribution in [2.45, 2.75) is 24.1 Å². The van der Waals surface area contributed by atoms with Gasteiger partial charge in [0.05, 0.1) is 6.61 Å². The van der Waals surface area contributed by atoms with Gasteiger partial charge < -0.3 is 10.5 Å². The van der Waals surface area contributed by atoms with Crippen LogP contribution in [0.2, 0.25) is 0 Å². The van der Waals surface area contributed by atoms with Crippen LogP contribution in [0.15, 0.2) is 47.6 Å². The fourth-order valence-electron chi connectivity index (χ4n) is 3.43. The summed E-state index contributed by atoms with van der Waals surface area (Å²) >= 11 is 1.18. The first kappa shape index (κ1) is 19.4. The molecular formula is C20H17F2N3O3S. The van der Waals surface area contributed by atoms with E-state index >= 15 is 0 Å². The number of benzene rings is 2. The molecule has 0 saturated carbocycles. The number of para-hydroxylation sites is 1. The summed E-state index contributed by atoms with van der Waals surface area (Å²) in [5.41, 5.74) is 5.86. The molecule has 9 heteroatoms. The van der Waals surface area contributed by atoms with Gasteiger partial charge in [-0.1, -0.05) is 30.0 Å². The van der Waals surface area contributed by atoms with E-state index in [4.69, 9.17) is 10.5 Å². The lowest BCUT2D eigenvalue weighted by atomic mass is 9.98. The maximum atomic E-state index is 14.4. The molecule has 0 saturated heterocycles. The molecule has 2 N–H and O–H groups in total. The van der Waals surface area contributed by atoms with E-state index in [2.05, 4.69) is 5.10 Å². The Morgan fingerprint density at radius 1 is 1.21 bits per heavy atom. The average molecular weight is 417 g/mol. The third-order valence-electron chi connectivity index (χ3n) is 4.79. The molecule has 150 valence electrons. The number of amides is 2. The van der Waals surface area contributed by atoms with E-state index in [9.17, 15) is 18.4 Å². The van der Waals surface area contributed by atoms with Crippen LogP contribution in [0, 0.1) is 11.6 Å². The minimum Gasteiger partial charge on any atom is -0.493 e. The van der Waals surface area contributed by atoms with Crippen molar-refractivity contribution in [3.63, 3.8) is 0 Å². The molecule has 2 aromatic carbocycles. The van der Waals surface area contributed by atoms with Crippen molar-refractivity contribution in [2.24, 2.45) is 10.8 Å². The summed E-state index contributed by atoms with van der Waals surface area (Å²) in [6, 6.07) is 10.3. The molecule has 2 aliphatic heterocycles. The van der Waals surface area contributed by atoms with E-state index in [1.165, 1.54) is 16.8 Å². The first-order chi connectivity index (χ1) is 13.9. The smallest absolute Gasteiger partial charge is 0.244 e. The van der Waals surface area contributed by atoms with Crippen molar-refractivity contribution in [1.82, 2.24) is 5.01 Å². The molecule has 0 aliphatic carbocycles. The van der Waals surface area contributed by atoms with Gasteiger partial charge in [0.2, 0.25) is 11.8 Å². The lowest BCUT2D eigenvalue weighted by Gasteiger charge is -2.39. The molecule has 2 heterocycles. The second-order valence-corrected chi connectivity index (χ2v) is 7.95. The monoisotopic (exact) mass is 417 g/mol. The highest BCUT2D eigenvalue weighted by atomic mass is 32.2. The van der Waals surface area contributed by atoms with E-state index in [0.717, 1.165) is 18.2 Å². The Labute approximate surface area is 169 Å². The molecule has 2 amide bonds. The van der Waals surface area contributed by atoms with Crippen LogP contribution in [0.5, 0.6) is 5.75 Å². The van der Waals surface area contributed by atoms with Crippen LogP contribution >= 0.6 is 11.8 Å². The zero-order valence-corrected chi connectivity index (χ0v) is 16.0. The second-order valence-electron chi connectivity index (χ2n) is 6.68. The average Bonchev–Trinajstić information content (AvgIpc) is 3.08. The zero-order chi connectivity index (χ0) is 20.6. The molecule has 2 aliphatic rings. The summed E-state index contributed by atoms with van der Waals surface area (Å²) in [4.78, 5) is 23.1. The van der Waals surface area contributed by atoms with E-state index in [0.29, 0.717) is 24.3 Å². The lowest BCUT2D eigenvalue weighted by Crippen LogP contribution is -2.44. The van der Waals surface area contributed by atoms with E-state index in [1.54, 1.807) is 6.07 Å². The second kappa shape index (κ2) is 7.47. The summed E-state index contributed by atoms with van der Waals surface area (Å²) < 4.78 is 33.9. The summed E-state index contributed by atoms with van der Waals surface area (Å²) in [5, 5.41) is 5.81. The van der Waals surface area contributed by atoms with Gasteiger partial charge in [0.1, 0.15) is 27.3 Å². The Hall–Kier alpha value is -2.94. The molecule has 1 atom stereocenters. The van der Waals surface area contributed by atoms with E-state index < -0.39 is 28.3 Å². The number of hydrazone groups is 1. The Bertz CT molecular complexity index is 1030. The van der Waals surface area contributed by atoms with Crippen molar-refractivity contribution >= 4 is 28.6 Å². The molecule has 0 bridgehead atoms. The third-order valence-corrected chi connectivity index (χ3v) is 6.21. The summed E-state index contributed by atoms with van der Waals surface area (Å²) in [6.07, 6.45) is 0.122. The molecular weight excluding hydrogens is 400 g/mol. The van der Waals surface area contributed by atoms with Gasteiger partial charge in [0.15, 0.2) is 0 Å². The molecule has 0 fully saturated rings. The fraction of sp³-hybridized carbons (Fsp3) is 0.250. The topological polar surface area (TPSA) is 85.0 Å². The largest absolute Gasteiger partial charge is 0.493 e. The number of hydrogen-bond donors (Lipinski definition) is 1. The number of nitrogens with two attached hydrogens (primary N) is 1. The van der Waals surface area contributed by atoms with Crippen LogP contribution in [0.4, 0.5) is 8.78 Å². The Morgan fingerprint density at radius 3 is 2.79 bits per heavy atom. The lowest BCUT2D eigenvalue weighted by molar-refractivity contribution is -0.136. The number of carbonyl (C=O) groups excluding carboxylic acids is 2. The summed E-state index contributed by atoms with van der Waals surface area (Å²) in [6.45, 7) is 0.318. The predicted octanol–water partition coefficient (Wildman–Crippen LogP) is 3.10. The minimum absolute atomic E-state index is 0.0245. The number of fused-ring (bicyclic) bond motifs is 2. The number of rotatable bonds is 4.